The van der Waals surface area contributed by atoms with E-state index in [4.69, 9.17) is 4.74 Å². The second kappa shape index (κ2) is 73.5. The van der Waals surface area contributed by atoms with Crippen LogP contribution in [-0.4, -0.2) is 47.4 Å². The van der Waals surface area contributed by atoms with Gasteiger partial charge < -0.3 is 20.3 Å². The van der Waals surface area contributed by atoms with Crippen molar-refractivity contribution in [1.82, 2.24) is 5.32 Å². The molecule has 0 aliphatic rings. The molecule has 496 valence electrons. The molecule has 84 heavy (non-hydrogen) atoms. The average molecular weight is 1180 g/mol. The number of nitrogens with one attached hydrogen (secondary N) is 1. The lowest BCUT2D eigenvalue weighted by Gasteiger charge is -2.20. The van der Waals surface area contributed by atoms with Crippen molar-refractivity contribution in [3.8, 4) is 0 Å². The Balaban J connectivity index is 3.33. The van der Waals surface area contributed by atoms with E-state index in [9.17, 15) is 19.8 Å². The number of hydrogen-bond acceptors (Lipinski definition) is 5. The molecule has 2 unspecified atom stereocenters. The Morgan fingerprint density at radius 3 is 0.929 bits per heavy atom. The van der Waals surface area contributed by atoms with Crippen LogP contribution in [0.25, 0.3) is 0 Å². The maximum absolute atomic E-state index is 12.5. The van der Waals surface area contributed by atoms with Gasteiger partial charge in [-0.25, -0.2) is 0 Å². The fourth-order valence-corrected chi connectivity index (χ4v) is 12.1. The Morgan fingerprint density at radius 1 is 0.333 bits per heavy atom. The van der Waals surface area contributed by atoms with Gasteiger partial charge >= 0.3 is 5.97 Å². The molecule has 0 aliphatic carbocycles. The van der Waals surface area contributed by atoms with E-state index < -0.39 is 12.1 Å². The molecule has 0 aliphatic heterocycles. The first kappa shape index (κ1) is 82.1. The van der Waals surface area contributed by atoms with E-state index >= 15 is 0 Å². The van der Waals surface area contributed by atoms with Gasteiger partial charge in [0.05, 0.1) is 25.4 Å². The molecule has 0 aromatic carbocycles. The van der Waals surface area contributed by atoms with Crippen LogP contribution < -0.4 is 5.32 Å². The molecule has 6 heteroatoms. The molecule has 6 nitrogen and oxygen atoms in total. The molecule has 0 saturated carbocycles. The SMILES string of the molecule is CCCCC/C=C\C/C=C\CCCCCCCCCC(=O)OCCCCCCCCCCCCCCCCCCCCCCCCCCCCCCCCCCCC(=O)NC(CO)C(O)/C=C/CCCCCCCCCCCCCCCCC. The van der Waals surface area contributed by atoms with Crippen molar-refractivity contribution in [2.75, 3.05) is 13.2 Å². The van der Waals surface area contributed by atoms with Gasteiger partial charge in [-0.05, 0) is 64.2 Å². The molecule has 0 spiro atoms. The Hall–Kier alpha value is -1.92. The summed E-state index contributed by atoms with van der Waals surface area (Å²) in [6.45, 7) is 4.92. The summed E-state index contributed by atoms with van der Waals surface area (Å²) in [4.78, 5) is 24.6. The van der Waals surface area contributed by atoms with E-state index in [1.54, 1.807) is 6.08 Å². The molecule has 0 aromatic heterocycles. The molecular weight excluding hydrogens is 1030 g/mol. The molecule has 0 fully saturated rings. The van der Waals surface area contributed by atoms with Gasteiger partial charge in [0.15, 0.2) is 0 Å². The van der Waals surface area contributed by atoms with Crippen LogP contribution in [-0.2, 0) is 14.3 Å². The lowest BCUT2D eigenvalue weighted by atomic mass is 10.0. The standard InChI is InChI=1S/C78H149NO5/c1-3-5-7-9-11-13-15-17-19-38-42-46-50-54-58-62-66-70-76(81)75(74-80)79-77(82)71-67-63-59-55-51-47-43-40-36-34-32-30-28-26-24-22-21-23-25-27-29-31-33-35-37-41-45-49-53-57-61-65-69-73-84-78(83)72-68-64-60-56-52-48-44-39-20-18-16-14-12-10-8-6-4-2/h12,14,18,20,66,70,75-76,80-81H,3-11,13,15-17,19,21-65,67-69,71-74H2,1-2H3,(H,79,82)/b14-12-,20-18-,70-66+. The molecule has 0 heterocycles. The molecule has 0 bridgehead atoms. The Morgan fingerprint density at radius 2 is 0.595 bits per heavy atom. The number of ether oxygens (including phenoxy) is 1. The average Bonchev–Trinajstić information content (AvgIpc) is 3.51. The molecule has 2 atom stereocenters. The first-order valence-corrected chi connectivity index (χ1v) is 38.3. The molecule has 3 N–H and O–H groups in total. The summed E-state index contributed by atoms with van der Waals surface area (Å²) < 4.78 is 5.51. The number of carbonyl (C=O) groups excluding carboxylic acids is 2. The number of allylic oxidation sites excluding steroid dienone is 5. The molecule has 0 radical (unpaired) electrons. The lowest BCUT2D eigenvalue weighted by molar-refractivity contribution is -0.143. The highest BCUT2D eigenvalue weighted by atomic mass is 16.5. The minimum atomic E-state index is -0.841. The monoisotopic (exact) mass is 1180 g/mol. The number of esters is 1. The maximum atomic E-state index is 12.5. The smallest absolute Gasteiger partial charge is 0.305 e. The molecule has 0 aromatic rings. The third kappa shape index (κ3) is 69.2. The van der Waals surface area contributed by atoms with E-state index in [0.29, 0.717) is 19.4 Å². The summed E-state index contributed by atoms with van der Waals surface area (Å²) in [5.74, 6) is -0.0456. The summed E-state index contributed by atoms with van der Waals surface area (Å²) in [7, 11) is 0. The fraction of sp³-hybridized carbons (Fsp3) is 0.897. The summed E-state index contributed by atoms with van der Waals surface area (Å²) >= 11 is 0. The maximum Gasteiger partial charge on any atom is 0.305 e. The van der Waals surface area contributed by atoms with Crippen LogP contribution in [0.5, 0.6) is 0 Å². The highest BCUT2D eigenvalue weighted by molar-refractivity contribution is 5.76. The van der Waals surface area contributed by atoms with E-state index in [2.05, 4.69) is 43.5 Å². The lowest BCUT2D eigenvalue weighted by Crippen LogP contribution is -2.45. The largest absolute Gasteiger partial charge is 0.466 e. The molecule has 0 saturated heterocycles. The Kier molecular flexibility index (Phi) is 71.9. The van der Waals surface area contributed by atoms with Gasteiger partial charge in [0.2, 0.25) is 5.91 Å². The van der Waals surface area contributed by atoms with Crippen LogP contribution in [0.3, 0.4) is 0 Å². The van der Waals surface area contributed by atoms with Gasteiger partial charge in [-0.15, -0.1) is 0 Å². The van der Waals surface area contributed by atoms with Crippen molar-refractivity contribution < 1.29 is 24.5 Å². The van der Waals surface area contributed by atoms with Gasteiger partial charge in [0.25, 0.3) is 0 Å². The third-order valence-corrected chi connectivity index (χ3v) is 17.9. The third-order valence-electron chi connectivity index (χ3n) is 17.9. The van der Waals surface area contributed by atoms with Gasteiger partial charge in [-0.3, -0.25) is 9.59 Å². The van der Waals surface area contributed by atoms with Crippen LogP contribution in [0.1, 0.15) is 425 Å². The molecule has 1 amide bonds. The van der Waals surface area contributed by atoms with Crippen molar-refractivity contribution in [3.05, 3.63) is 36.5 Å². The minimum absolute atomic E-state index is 0.0142. The predicted molar refractivity (Wildman–Crippen MR) is 370 cm³/mol. The van der Waals surface area contributed by atoms with Crippen molar-refractivity contribution in [1.29, 1.82) is 0 Å². The number of rotatable bonds is 72. The van der Waals surface area contributed by atoms with Crippen LogP contribution in [0.2, 0.25) is 0 Å². The molecular formula is C78H149NO5. The van der Waals surface area contributed by atoms with E-state index in [0.717, 1.165) is 51.4 Å². The number of hydrogen-bond donors (Lipinski definition) is 3. The quantitative estimate of drug-likeness (QED) is 0.0320. The highest BCUT2D eigenvalue weighted by Crippen LogP contribution is 2.19. The van der Waals surface area contributed by atoms with Crippen molar-refractivity contribution in [2.24, 2.45) is 0 Å². The number of carbonyl (C=O) groups is 2. The van der Waals surface area contributed by atoms with E-state index in [-0.39, 0.29) is 18.5 Å². The predicted octanol–water partition coefficient (Wildman–Crippen LogP) is 25.0. The summed E-state index contributed by atoms with van der Waals surface area (Å²) in [5, 5.41) is 23.2. The topological polar surface area (TPSA) is 95.9 Å². The van der Waals surface area contributed by atoms with Gasteiger partial charge in [-0.2, -0.15) is 0 Å². The number of aliphatic hydroxyl groups excluding tert-OH is 2. The summed E-state index contributed by atoms with van der Waals surface area (Å²) in [5.41, 5.74) is 0. The minimum Gasteiger partial charge on any atom is -0.466 e. The Labute approximate surface area is 525 Å². The van der Waals surface area contributed by atoms with Crippen LogP contribution in [0.15, 0.2) is 36.5 Å². The fourth-order valence-electron chi connectivity index (χ4n) is 12.1. The zero-order chi connectivity index (χ0) is 60.6. The number of amides is 1. The second-order valence-corrected chi connectivity index (χ2v) is 26.3. The number of unbranched alkanes of at least 4 members (excludes halogenated alkanes) is 57. The van der Waals surface area contributed by atoms with Gasteiger partial charge in [0.1, 0.15) is 0 Å². The zero-order valence-electron chi connectivity index (χ0n) is 56.9. The van der Waals surface area contributed by atoms with Crippen LogP contribution >= 0.6 is 0 Å². The summed E-state index contributed by atoms with van der Waals surface area (Å²) in [6, 6.07) is -0.624. The van der Waals surface area contributed by atoms with Crippen molar-refractivity contribution in [2.45, 2.75) is 437 Å². The Bertz CT molecular complexity index is 1360. The zero-order valence-corrected chi connectivity index (χ0v) is 56.9. The van der Waals surface area contributed by atoms with Crippen LogP contribution in [0.4, 0.5) is 0 Å². The van der Waals surface area contributed by atoms with Crippen LogP contribution in [0, 0.1) is 0 Å². The van der Waals surface area contributed by atoms with Crippen molar-refractivity contribution >= 4 is 11.9 Å². The number of aliphatic hydroxyl groups is 2. The van der Waals surface area contributed by atoms with E-state index in [1.807, 2.05) is 6.08 Å². The second-order valence-electron chi connectivity index (χ2n) is 26.3. The highest BCUT2D eigenvalue weighted by Gasteiger charge is 2.18. The van der Waals surface area contributed by atoms with Gasteiger partial charge in [-0.1, -0.05) is 384 Å². The first-order valence-electron chi connectivity index (χ1n) is 38.3. The normalized spacial score (nSPS) is 12.7. The summed E-state index contributed by atoms with van der Waals surface area (Å²) in [6.07, 6.45) is 95.4. The molecule has 0 rings (SSSR count). The first-order chi connectivity index (χ1) is 41.5. The van der Waals surface area contributed by atoms with Gasteiger partial charge in [0, 0.05) is 12.8 Å². The van der Waals surface area contributed by atoms with Crippen molar-refractivity contribution in [3.63, 3.8) is 0 Å². The van der Waals surface area contributed by atoms with E-state index in [1.165, 1.54) is 347 Å².